The van der Waals surface area contributed by atoms with Crippen molar-refractivity contribution >= 4 is 29.9 Å². The van der Waals surface area contributed by atoms with E-state index in [0.29, 0.717) is 29.8 Å². The molecule has 156 valence electrons. The van der Waals surface area contributed by atoms with Crippen molar-refractivity contribution in [1.29, 1.82) is 0 Å². The van der Waals surface area contributed by atoms with E-state index in [-0.39, 0.29) is 30.5 Å². The van der Waals surface area contributed by atoms with E-state index in [2.05, 4.69) is 10.3 Å². The summed E-state index contributed by atoms with van der Waals surface area (Å²) in [7, 11) is 5.21. The molecule has 0 bridgehead atoms. The molecule has 0 aliphatic rings. The van der Waals surface area contributed by atoms with Crippen molar-refractivity contribution in [2.75, 3.05) is 34.4 Å². The maximum atomic E-state index is 10.2. The fourth-order valence-corrected chi connectivity index (χ4v) is 2.74. The second-order valence-corrected chi connectivity index (χ2v) is 6.22. The lowest BCUT2D eigenvalue weighted by atomic mass is 10.1. The van der Waals surface area contributed by atoms with Crippen molar-refractivity contribution in [2.45, 2.75) is 26.5 Å². The molecule has 2 N–H and O–H groups in total. The Morgan fingerprint density at radius 2 is 1.96 bits per heavy atom. The first-order valence-electron chi connectivity index (χ1n) is 8.92. The van der Waals surface area contributed by atoms with Crippen molar-refractivity contribution in [3.8, 4) is 11.5 Å². The van der Waals surface area contributed by atoms with Gasteiger partial charge in [-0.1, -0.05) is 0 Å². The molecule has 1 aromatic heterocycles. The van der Waals surface area contributed by atoms with Crippen LogP contribution in [0.4, 0.5) is 0 Å². The van der Waals surface area contributed by atoms with Gasteiger partial charge in [0.25, 0.3) is 0 Å². The molecule has 8 heteroatoms. The number of aliphatic hydroxyl groups is 1. The molecule has 0 saturated heterocycles. The maximum absolute atomic E-state index is 10.2. The van der Waals surface area contributed by atoms with E-state index >= 15 is 0 Å². The van der Waals surface area contributed by atoms with Crippen LogP contribution in [0, 0.1) is 6.92 Å². The third-order valence-electron chi connectivity index (χ3n) is 4.23. The number of nitrogens with one attached hydrogen (secondary N) is 1. The van der Waals surface area contributed by atoms with Crippen LogP contribution in [-0.2, 0) is 6.54 Å². The van der Waals surface area contributed by atoms with Crippen LogP contribution in [-0.4, -0.2) is 50.3 Å². The molecule has 28 heavy (non-hydrogen) atoms. The molecule has 7 nitrogen and oxygen atoms in total. The first-order chi connectivity index (χ1) is 13.0. The Morgan fingerprint density at radius 1 is 1.29 bits per heavy atom. The number of aryl methyl sites for hydroxylation is 1. The second kappa shape index (κ2) is 11.8. The van der Waals surface area contributed by atoms with Crippen LogP contribution in [0.5, 0.6) is 11.5 Å². The van der Waals surface area contributed by atoms with Crippen LogP contribution in [0.1, 0.15) is 29.9 Å². The number of hydrogen-bond acceptors (Lipinski definition) is 5. The minimum Gasteiger partial charge on any atom is -0.493 e. The molecule has 0 aliphatic heterocycles. The summed E-state index contributed by atoms with van der Waals surface area (Å²) in [5, 5.41) is 13.4. The quantitative estimate of drug-likeness (QED) is 0.327. The molecular weight excluding hydrogens is 473 g/mol. The number of nitrogens with zero attached hydrogens (tertiary/aromatic N) is 2. The van der Waals surface area contributed by atoms with Gasteiger partial charge in [0.2, 0.25) is 0 Å². The van der Waals surface area contributed by atoms with Crippen LogP contribution in [0.15, 0.2) is 39.9 Å². The summed E-state index contributed by atoms with van der Waals surface area (Å²) in [6, 6.07) is 7.43. The summed E-state index contributed by atoms with van der Waals surface area (Å²) >= 11 is 0. The lowest BCUT2D eigenvalue weighted by Crippen LogP contribution is -2.39. The fourth-order valence-electron chi connectivity index (χ4n) is 2.74. The monoisotopic (exact) mass is 503 g/mol. The first-order valence-corrected chi connectivity index (χ1v) is 8.92. The molecule has 0 fully saturated rings. The highest BCUT2D eigenvalue weighted by Crippen LogP contribution is 2.30. The standard InChI is InChI=1S/C20H29N3O4.HI/c1-6-21-20(22-12-16(24)17-8-7-9-27-17)23(3)13-15-11-19(26-5)18(25-4)10-14(15)2;/h7-11,16,24H,6,12-13H2,1-5H3,(H,21,22);1H. The van der Waals surface area contributed by atoms with Gasteiger partial charge in [0, 0.05) is 20.1 Å². The molecule has 1 unspecified atom stereocenters. The zero-order valence-electron chi connectivity index (χ0n) is 17.1. The van der Waals surface area contributed by atoms with Crippen molar-refractivity contribution in [2.24, 2.45) is 4.99 Å². The van der Waals surface area contributed by atoms with Gasteiger partial charge in [0.1, 0.15) is 11.9 Å². The highest BCUT2D eigenvalue weighted by atomic mass is 127. The summed E-state index contributed by atoms with van der Waals surface area (Å²) in [6.07, 6.45) is 0.768. The zero-order chi connectivity index (χ0) is 19.8. The molecule has 0 amide bonds. The number of hydrogen-bond donors (Lipinski definition) is 2. The third kappa shape index (κ3) is 6.30. The van der Waals surface area contributed by atoms with Crippen molar-refractivity contribution in [3.63, 3.8) is 0 Å². The lowest BCUT2D eigenvalue weighted by Gasteiger charge is -2.24. The van der Waals surface area contributed by atoms with Crippen molar-refractivity contribution < 1.29 is 19.0 Å². The van der Waals surface area contributed by atoms with Gasteiger partial charge in [0.15, 0.2) is 17.5 Å². The van der Waals surface area contributed by atoms with Crippen molar-refractivity contribution in [3.05, 3.63) is 47.4 Å². The molecule has 2 aromatic rings. The topological polar surface area (TPSA) is 79.5 Å². The van der Waals surface area contributed by atoms with Gasteiger partial charge < -0.3 is 29.2 Å². The van der Waals surface area contributed by atoms with Gasteiger partial charge in [-0.05, 0) is 49.2 Å². The van der Waals surface area contributed by atoms with Gasteiger partial charge in [-0.25, -0.2) is 4.99 Å². The van der Waals surface area contributed by atoms with E-state index < -0.39 is 6.10 Å². The molecule has 0 spiro atoms. The normalized spacial score (nSPS) is 12.1. The number of furan rings is 1. The zero-order valence-corrected chi connectivity index (χ0v) is 19.4. The largest absolute Gasteiger partial charge is 0.493 e. The first kappa shape index (κ1) is 24.1. The Balaban J connectivity index is 0.00000392. The Labute approximate surface area is 183 Å². The predicted octanol–water partition coefficient (Wildman–Crippen LogP) is 3.35. The molecule has 0 aliphatic carbocycles. The van der Waals surface area contributed by atoms with E-state index in [0.717, 1.165) is 17.7 Å². The van der Waals surface area contributed by atoms with Gasteiger partial charge >= 0.3 is 0 Å². The minimum absolute atomic E-state index is 0. The summed E-state index contributed by atoms with van der Waals surface area (Å²) < 4.78 is 16.0. The van der Waals surface area contributed by atoms with E-state index in [9.17, 15) is 5.11 Å². The second-order valence-electron chi connectivity index (χ2n) is 6.22. The molecule has 2 rings (SSSR count). The van der Waals surface area contributed by atoms with Crippen LogP contribution in [0.25, 0.3) is 0 Å². The summed E-state index contributed by atoms with van der Waals surface area (Å²) in [5.41, 5.74) is 2.21. The van der Waals surface area contributed by atoms with Crippen LogP contribution >= 0.6 is 24.0 Å². The van der Waals surface area contributed by atoms with Crippen LogP contribution in [0.2, 0.25) is 0 Å². The SMILES string of the molecule is CCNC(=NCC(O)c1ccco1)N(C)Cc1cc(OC)c(OC)cc1C.I. The number of methoxy groups -OCH3 is 2. The van der Waals surface area contributed by atoms with Gasteiger partial charge in [-0.15, -0.1) is 24.0 Å². The van der Waals surface area contributed by atoms with Crippen LogP contribution in [0.3, 0.4) is 0 Å². The molecule has 1 aromatic carbocycles. The molecule has 0 saturated carbocycles. The fraction of sp³-hybridized carbons (Fsp3) is 0.450. The number of rotatable bonds is 8. The number of ether oxygens (including phenoxy) is 2. The Morgan fingerprint density at radius 3 is 2.54 bits per heavy atom. The average Bonchev–Trinajstić information content (AvgIpc) is 3.20. The van der Waals surface area contributed by atoms with Gasteiger partial charge in [0.05, 0.1) is 27.0 Å². The minimum atomic E-state index is -0.773. The average molecular weight is 503 g/mol. The van der Waals surface area contributed by atoms with Gasteiger partial charge in [-0.3, -0.25) is 0 Å². The number of halogens is 1. The molecule has 1 atom stereocenters. The van der Waals surface area contributed by atoms with E-state index in [1.54, 1.807) is 32.6 Å². The third-order valence-corrected chi connectivity index (χ3v) is 4.23. The number of benzene rings is 1. The van der Waals surface area contributed by atoms with E-state index in [1.165, 1.54) is 0 Å². The Kier molecular flexibility index (Phi) is 10.2. The maximum Gasteiger partial charge on any atom is 0.194 e. The predicted molar refractivity (Wildman–Crippen MR) is 121 cm³/mol. The van der Waals surface area contributed by atoms with Crippen molar-refractivity contribution in [1.82, 2.24) is 10.2 Å². The highest BCUT2D eigenvalue weighted by Gasteiger charge is 2.14. The molecule has 1 heterocycles. The number of aliphatic hydroxyl groups excluding tert-OH is 1. The number of aliphatic imine (C=N–C) groups is 1. The highest BCUT2D eigenvalue weighted by molar-refractivity contribution is 14.0. The van der Waals surface area contributed by atoms with E-state index in [1.807, 2.05) is 37.9 Å². The summed E-state index contributed by atoms with van der Waals surface area (Å²) in [4.78, 5) is 6.54. The Hall–Kier alpha value is -1.94. The smallest absolute Gasteiger partial charge is 0.194 e. The van der Waals surface area contributed by atoms with Gasteiger partial charge in [-0.2, -0.15) is 0 Å². The Bertz CT molecular complexity index is 750. The lowest BCUT2D eigenvalue weighted by molar-refractivity contribution is 0.158. The summed E-state index contributed by atoms with van der Waals surface area (Å²) in [5.74, 6) is 2.62. The van der Waals surface area contributed by atoms with Crippen LogP contribution < -0.4 is 14.8 Å². The molecular formula is C20H30IN3O4. The summed E-state index contributed by atoms with van der Waals surface area (Å²) in [6.45, 7) is 5.62. The van der Waals surface area contributed by atoms with E-state index in [4.69, 9.17) is 13.9 Å². The molecule has 0 radical (unpaired) electrons. The number of guanidine groups is 1.